The molecule has 1 heterocycles. The van der Waals surface area contributed by atoms with Gasteiger partial charge in [-0.05, 0) is 113 Å². The standard InChI is InChI=1S/C46H68BFN8O12S.C6H12O2.U/c1-4-21-54(26-24-53(28-29-57)25-27-55(22-5-2)33-43(60)61)32-42(59)49-20-7-6-12-39(52-41(58)19-16-35-14-17-38(18-15-35)68-69(48,66)67)45(63)50-31-36-10-8-11-37(30-36)44(62)51-34(3)46(64)56-23-9-13-40(56)47-65;1-3-5(2)4-6(7)8;/h8,10-11,14-15,17-18,30,34,39-40,65H,4-7,9,12-13,16,19-28,31-33H2,1-3H3,(H,49,59)(H,50,63)(H,51,62)(H,52,58)(H,60,61);5H,3-4H2,1-2H3,(H,7,8);/q-1;;. The number of carbonyl (C=O) groups excluding carboxylic acids is 6. The molecule has 22 nitrogen and oxygen atoms in total. The quantitative estimate of drug-likeness (QED) is 0.0221. The molecule has 1 fully saturated rings. The van der Waals surface area contributed by atoms with Gasteiger partial charge >= 0.3 is 29.9 Å². The molecule has 4 unspecified atom stereocenters. The molecule has 1 aliphatic heterocycles. The van der Waals surface area contributed by atoms with Gasteiger partial charge in [0, 0.05) is 101 Å². The topological polar surface area (TPSA) is 302 Å². The largest absolute Gasteiger partial charge is 0.541 e. The first-order chi connectivity index (χ1) is 36.6. The number of rotatable bonds is 37. The molecule has 1 saturated heterocycles. The third-order valence-electron chi connectivity index (χ3n) is 12.6. The van der Waals surface area contributed by atoms with Crippen LogP contribution in [0, 0.1) is 37.0 Å². The summed E-state index contributed by atoms with van der Waals surface area (Å²) >= 11 is 0. The van der Waals surface area contributed by atoms with Crippen molar-refractivity contribution in [3.8, 4) is 5.75 Å². The molecule has 5 amide bonds. The predicted molar refractivity (Wildman–Crippen MR) is 287 cm³/mol. The Morgan fingerprint density at radius 2 is 1.47 bits per heavy atom. The molecule has 0 bridgehead atoms. The number of carboxylic acids is 2. The van der Waals surface area contributed by atoms with Gasteiger partial charge in [-0.2, -0.15) is 8.42 Å². The summed E-state index contributed by atoms with van der Waals surface area (Å²) in [4.78, 5) is 106. The molecule has 433 valence electrons. The molecule has 78 heavy (non-hydrogen) atoms. The van der Waals surface area contributed by atoms with Crippen LogP contribution in [0.3, 0.4) is 0 Å². The fourth-order valence-electron chi connectivity index (χ4n) is 8.26. The molecule has 2 aromatic carbocycles. The van der Waals surface area contributed by atoms with Crippen molar-refractivity contribution in [3.63, 3.8) is 0 Å². The van der Waals surface area contributed by atoms with E-state index in [-0.39, 0.29) is 99.7 Å². The summed E-state index contributed by atoms with van der Waals surface area (Å²) in [5.41, 5.74) is 1.45. The van der Waals surface area contributed by atoms with Crippen molar-refractivity contribution in [2.45, 2.75) is 130 Å². The number of aliphatic carboxylic acids is 2. The molecule has 1 radical (unpaired) electrons. The molecular weight excluding hydrogens is 1260 g/mol. The maximum atomic E-state index is 13.7. The predicted octanol–water partition coefficient (Wildman–Crippen LogP) is 2.41. The van der Waals surface area contributed by atoms with Gasteiger partial charge in [-0.3, -0.25) is 43.4 Å². The first-order valence-corrected chi connectivity index (χ1v) is 27.6. The maximum absolute atomic E-state index is 13.7. The molecule has 0 aromatic heterocycles. The Hall–Kier alpha value is -4.96. The third-order valence-corrected chi connectivity index (χ3v) is 13.0. The van der Waals surface area contributed by atoms with E-state index in [4.69, 9.17) is 5.11 Å². The molecule has 3 rings (SSSR count). The zero-order valence-corrected chi connectivity index (χ0v) is 50.7. The summed E-state index contributed by atoms with van der Waals surface area (Å²) in [5.74, 6) is -3.90. The van der Waals surface area contributed by atoms with Crippen molar-refractivity contribution >= 4 is 65.7 Å². The molecule has 7 N–H and O–H groups in total. The van der Waals surface area contributed by atoms with E-state index in [1.54, 1.807) is 31.2 Å². The van der Waals surface area contributed by atoms with Gasteiger partial charge in [-0.15, -0.1) is 0 Å². The van der Waals surface area contributed by atoms with E-state index < -0.39 is 58.2 Å². The Balaban J connectivity index is 0.00000312. The summed E-state index contributed by atoms with van der Waals surface area (Å²) < 4.78 is 38.8. The normalized spacial score (nSPS) is 14.2. The minimum atomic E-state index is -5.20. The number of nitrogens with zero attached hydrogens (tertiary/aromatic N) is 4. The van der Waals surface area contributed by atoms with Crippen LogP contribution in [0.25, 0.3) is 0 Å². The minimum Gasteiger partial charge on any atom is -0.541 e. The zero-order chi connectivity index (χ0) is 57.3. The SMILES string of the molecule is CCC(C)CC(=O)O.CCCN(CCN(C[C-]=O)CCN(CCC)CC(=O)NCCCCC(NC(=O)CCc1ccc(OS(=O)(=O)F)cc1)C(=O)NCc1cccc(C(=O)NC(C)C(=O)N2CCCC2[B]O)c1)CC(=O)O.[U]. The van der Waals surface area contributed by atoms with Gasteiger partial charge in [0.15, 0.2) is 0 Å². The molecule has 1 aliphatic rings. The number of aryl methyl sites for hydroxylation is 1. The van der Waals surface area contributed by atoms with Gasteiger partial charge in [0.1, 0.15) is 17.8 Å². The Morgan fingerprint density at radius 3 is 2.04 bits per heavy atom. The number of likely N-dealkylation sites (tertiary alicyclic amines) is 1. The number of halogens is 1. The molecule has 0 spiro atoms. The number of unbranched alkanes of at least 4 members (excludes halogenated alkanes) is 1. The van der Waals surface area contributed by atoms with Crippen LogP contribution in [0.5, 0.6) is 5.75 Å². The van der Waals surface area contributed by atoms with Crippen molar-refractivity contribution < 1.29 is 101 Å². The molecular formula is C52H80BFN8O14SU-. The van der Waals surface area contributed by atoms with E-state index in [0.717, 1.165) is 33.2 Å². The van der Waals surface area contributed by atoms with E-state index >= 15 is 0 Å². The zero-order valence-electron chi connectivity index (χ0n) is 45.7. The molecule has 26 heteroatoms. The fraction of sp³-hybridized carbons (Fsp3) is 0.615. The number of benzene rings is 2. The Labute approximate surface area is 483 Å². The van der Waals surface area contributed by atoms with E-state index in [1.165, 1.54) is 29.2 Å². The number of amides is 5. The van der Waals surface area contributed by atoms with Crippen molar-refractivity contribution in [1.29, 1.82) is 0 Å². The molecule has 0 saturated carbocycles. The van der Waals surface area contributed by atoms with Crippen LogP contribution in [-0.4, -0.2) is 189 Å². The molecule has 4 atom stereocenters. The van der Waals surface area contributed by atoms with Gasteiger partial charge in [0.2, 0.25) is 23.6 Å². The van der Waals surface area contributed by atoms with E-state index in [2.05, 4.69) is 25.5 Å². The van der Waals surface area contributed by atoms with Gasteiger partial charge in [0.05, 0.1) is 13.1 Å². The number of carboxylic acid groups (broad SMARTS) is 2. The smallest absolute Gasteiger partial charge is 0.488 e. The van der Waals surface area contributed by atoms with Crippen molar-refractivity contribution in [2.75, 3.05) is 72.0 Å². The second-order valence-electron chi connectivity index (χ2n) is 19.1. The second-order valence-corrected chi connectivity index (χ2v) is 20.0. The van der Waals surface area contributed by atoms with Crippen LogP contribution < -0.4 is 25.5 Å². The Kier molecular flexibility index (Phi) is 35.9. The van der Waals surface area contributed by atoms with Gasteiger partial charge in [-0.1, -0.05) is 68.8 Å². The first kappa shape index (κ1) is 71.1. The Bertz CT molecular complexity index is 2290. The van der Waals surface area contributed by atoms with Crippen LogP contribution in [0.15, 0.2) is 48.5 Å². The summed E-state index contributed by atoms with van der Waals surface area (Å²) in [6.07, 6.45) is 7.41. The van der Waals surface area contributed by atoms with Crippen LogP contribution >= 0.6 is 0 Å². The maximum Gasteiger partial charge on any atom is 0.488 e. The monoisotopic (exact) mass is 1340 g/mol. The van der Waals surface area contributed by atoms with Crippen molar-refractivity contribution in [1.82, 2.24) is 40.9 Å². The van der Waals surface area contributed by atoms with Crippen molar-refractivity contribution in [3.05, 3.63) is 65.2 Å². The number of carbonyl (C=O) groups is 7. The summed E-state index contributed by atoms with van der Waals surface area (Å²) in [5, 5.41) is 38.2. The fourth-order valence-corrected chi connectivity index (χ4v) is 8.60. The van der Waals surface area contributed by atoms with Crippen LogP contribution in [-0.2, 0) is 57.0 Å². The summed E-state index contributed by atoms with van der Waals surface area (Å²) in [6.45, 7) is 13.5. The number of hydrogen-bond donors (Lipinski definition) is 7. The Morgan fingerprint density at radius 1 is 0.833 bits per heavy atom. The van der Waals surface area contributed by atoms with Gasteiger partial charge < -0.3 is 55.3 Å². The molecule has 2 aromatic rings. The van der Waals surface area contributed by atoms with Crippen LogP contribution in [0.1, 0.15) is 120 Å². The van der Waals surface area contributed by atoms with Crippen LogP contribution in [0.4, 0.5) is 3.89 Å². The van der Waals surface area contributed by atoms with E-state index in [0.29, 0.717) is 95.1 Å². The summed E-state index contributed by atoms with van der Waals surface area (Å²) in [6, 6.07) is 10.1. The summed E-state index contributed by atoms with van der Waals surface area (Å²) in [7, 11) is -4.22. The van der Waals surface area contributed by atoms with E-state index in [9.17, 15) is 60.8 Å². The second kappa shape index (κ2) is 39.4. The van der Waals surface area contributed by atoms with Gasteiger partial charge in [-0.25, -0.2) is 6.29 Å². The van der Waals surface area contributed by atoms with Crippen molar-refractivity contribution in [2.24, 2.45) is 5.92 Å². The molecule has 0 aliphatic carbocycles. The van der Waals surface area contributed by atoms with E-state index in [1.807, 2.05) is 48.7 Å². The number of hydrogen-bond acceptors (Lipinski definition) is 15. The number of nitrogens with one attached hydrogen (secondary N) is 4. The van der Waals surface area contributed by atoms with Gasteiger partial charge in [0.25, 0.3) is 5.91 Å². The minimum absolute atomic E-state index is 0. The average Bonchev–Trinajstić information content (AvgIpc) is 3.86. The first-order valence-electron chi connectivity index (χ1n) is 26.3. The van der Waals surface area contributed by atoms with Crippen LogP contribution in [0.2, 0.25) is 0 Å². The third kappa shape index (κ3) is 30.4. The average molecular weight is 1340 g/mol.